The molecule has 0 aliphatic heterocycles. The van der Waals surface area contributed by atoms with Crippen molar-refractivity contribution in [2.75, 3.05) is 5.75 Å². The second kappa shape index (κ2) is 4.24. The molecule has 4 heteroatoms. The van der Waals surface area contributed by atoms with Gasteiger partial charge in [0.05, 0.1) is 17.1 Å². The Morgan fingerprint density at radius 2 is 2.33 bits per heavy atom. The molecule has 0 aliphatic rings. The Bertz CT molecular complexity index is 467. The summed E-state index contributed by atoms with van der Waals surface area (Å²) in [5.41, 5.74) is 2.83. The van der Waals surface area contributed by atoms with Crippen LogP contribution in [0.5, 0.6) is 0 Å². The lowest BCUT2D eigenvalue weighted by molar-refractivity contribution is 0.175. The van der Waals surface area contributed by atoms with Gasteiger partial charge in [-0.15, -0.1) is 0 Å². The van der Waals surface area contributed by atoms with E-state index in [9.17, 15) is 5.11 Å². The highest BCUT2D eigenvalue weighted by Crippen LogP contribution is 2.21. The van der Waals surface area contributed by atoms with Gasteiger partial charge in [-0.25, -0.2) is 4.98 Å². The van der Waals surface area contributed by atoms with Crippen molar-refractivity contribution < 1.29 is 5.11 Å². The summed E-state index contributed by atoms with van der Waals surface area (Å²) in [5, 5.41) is 9.80. The largest absolute Gasteiger partial charge is 0.388 e. The second-order valence-corrected chi connectivity index (χ2v) is 4.07. The number of imidazole rings is 1. The smallest absolute Gasteiger partial charge is 0.104 e. The van der Waals surface area contributed by atoms with Gasteiger partial charge < -0.3 is 10.1 Å². The summed E-state index contributed by atoms with van der Waals surface area (Å²) >= 11 is 4.11. The maximum Gasteiger partial charge on any atom is 0.104 e. The summed E-state index contributed by atoms with van der Waals surface area (Å²) in [6.07, 6.45) is 0.234. The van der Waals surface area contributed by atoms with E-state index >= 15 is 0 Å². The summed E-state index contributed by atoms with van der Waals surface area (Å²) < 4.78 is 0. The first-order valence-corrected chi connectivity index (χ1v) is 5.59. The first kappa shape index (κ1) is 10.5. The van der Waals surface area contributed by atoms with Gasteiger partial charge in [-0.3, -0.25) is 0 Å². The van der Waals surface area contributed by atoms with E-state index in [4.69, 9.17) is 0 Å². The van der Waals surface area contributed by atoms with Gasteiger partial charge in [0.15, 0.2) is 0 Å². The van der Waals surface area contributed by atoms with E-state index in [0.29, 0.717) is 12.2 Å². The quantitative estimate of drug-likeness (QED) is 0.697. The van der Waals surface area contributed by atoms with Gasteiger partial charge in [-0.1, -0.05) is 6.07 Å². The molecule has 0 spiro atoms. The van der Waals surface area contributed by atoms with Crippen LogP contribution in [0.3, 0.4) is 0 Å². The van der Waals surface area contributed by atoms with Crippen LogP contribution >= 0.6 is 12.6 Å². The first-order valence-electron chi connectivity index (χ1n) is 4.96. The molecule has 80 valence electrons. The SMILES string of the molecule is Cc1nc2ccc(C(O)CCS)cc2[nH]1. The predicted octanol–water partition coefficient (Wildman–Crippen LogP) is 2.22. The monoisotopic (exact) mass is 222 g/mol. The number of nitrogens with one attached hydrogen (secondary N) is 1. The van der Waals surface area contributed by atoms with Crippen LogP contribution in [0, 0.1) is 6.92 Å². The first-order chi connectivity index (χ1) is 7.20. The molecule has 1 aromatic carbocycles. The van der Waals surface area contributed by atoms with Crippen LogP contribution in [-0.4, -0.2) is 20.8 Å². The average Bonchev–Trinajstić information content (AvgIpc) is 2.57. The number of aryl methyl sites for hydroxylation is 1. The molecule has 0 bridgehead atoms. The summed E-state index contributed by atoms with van der Waals surface area (Å²) in [7, 11) is 0. The van der Waals surface area contributed by atoms with E-state index in [0.717, 1.165) is 22.4 Å². The molecule has 0 fully saturated rings. The summed E-state index contributed by atoms with van der Waals surface area (Å²) in [6, 6.07) is 5.79. The molecule has 1 aromatic heterocycles. The van der Waals surface area contributed by atoms with Crippen molar-refractivity contribution in [1.29, 1.82) is 0 Å². The number of fused-ring (bicyclic) bond motifs is 1. The van der Waals surface area contributed by atoms with E-state index in [1.54, 1.807) is 0 Å². The Kier molecular flexibility index (Phi) is 2.98. The van der Waals surface area contributed by atoms with Gasteiger partial charge in [-0.2, -0.15) is 12.6 Å². The zero-order chi connectivity index (χ0) is 10.8. The van der Waals surface area contributed by atoms with Crippen molar-refractivity contribution in [3.8, 4) is 0 Å². The number of rotatable bonds is 3. The fourth-order valence-electron chi connectivity index (χ4n) is 1.65. The van der Waals surface area contributed by atoms with Gasteiger partial charge in [0, 0.05) is 0 Å². The molecule has 1 unspecified atom stereocenters. The molecule has 0 amide bonds. The molecule has 0 saturated carbocycles. The van der Waals surface area contributed by atoms with Crippen molar-refractivity contribution in [1.82, 2.24) is 9.97 Å². The third-order valence-corrected chi connectivity index (χ3v) is 2.67. The van der Waals surface area contributed by atoms with Crippen molar-refractivity contribution in [2.24, 2.45) is 0 Å². The van der Waals surface area contributed by atoms with Crippen molar-refractivity contribution in [3.05, 3.63) is 29.6 Å². The highest BCUT2D eigenvalue weighted by Gasteiger charge is 2.08. The maximum atomic E-state index is 9.80. The van der Waals surface area contributed by atoms with Crippen LogP contribution in [-0.2, 0) is 0 Å². The van der Waals surface area contributed by atoms with Gasteiger partial charge in [0.2, 0.25) is 0 Å². The maximum absolute atomic E-state index is 9.80. The highest BCUT2D eigenvalue weighted by molar-refractivity contribution is 7.80. The molecule has 0 aliphatic carbocycles. The lowest BCUT2D eigenvalue weighted by Gasteiger charge is -2.08. The standard InChI is InChI=1S/C11H14N2OS/c1-7-12-9-3-2-8(6-10(9)13-7)11(14)4-5-15/h2-3,6,11,14-15H,4-5H2,1H3,(H,12,13). The minimum atomic E-state index is -0.435. The molecular formula is C11H14N2OS. The molecule has 15 heavy (non-hydrogen) atoms. The highest BCUT2D eigenvalue weighted by atomic mass is 32.1. The molecule has 2 rings (SSSR count). The summed E-state index contributed by atoms with van der Waals surface area (Å²) in [6.45, 7) is 1.92. The number of aromatic nitrogens is 2. The number of nitrogens with zero attached hydrogens (tertiary/aromatic N) is 1. The number of thiol groups is 1. The number of benzene rings is 1. The second-order valence-electron chi connectivity index (χ2n) is 3.63. The van der Waals surface area contributed by atoms with E-state index in [1.807, 2.05) is 25.1 Å². The van der Waals surface area contributed by atoms with Crippen LogP contribution in [0.1, 0.15) is 23.9 Å². The zero-order valence-corrected chi connectivity index (χ0v) is 9.46. The Morgan fingerprint density at radius 1 is 1.53 bits per heavy atom. The molecule has 3 nitrogen and oxygen atoms in total. The molecule has 2 N–H and O–H groups in total. The van der Waals surface area contributed by atoms with E-state index < -0.39 is 6.10 Å². The summed E-state index contributed by atoms with van der Waals surface area (Å²) in [4.78, 5) is 7.46. The minimum absolute atomic E-state index is 0.435. The fourth-order valence-corrected chi connectivity index (χ4v) is 1.90. The molecule has 1 heterocycles. The fraction of sp³-hybridized carbons (Fsp3) is 0.364. The number of hydrogen-bond acceptors (Lipinski definition) is 3. The van der Waals surface area contributed by atoms with E-state index in [-0.39, 0.29) is 0 Å². The van der Waals surface area contributed by atoms with Crippen LogP contribution in [0.2, 0.25) is 0 Å². The number of hydrogen-bond donors (Lipinski definition) is 3. The number of aromatic amines is 1. The van der Waals surface area contributed by atoms with Crippen molar-refractivity contribution in [3.63, 3.8) is 0 Å². The van der Waals surface area contributed by atoms with Crippen LogP contribution in [0.15, 0.2) is 18.2 Å². The topological polar surface area (TPSA) is 48.9 Å². The van der Waals surface area contributed by atoms with Gasteiger partial charge >= 0.3 is 0 Å². The normalized spacial score (nSPS) is 13.3. The molecule has 2 aromatic rings. The Labute approximate surface area is 94.0 Å². The van der Waals surface area contributed by atoms with Gasteiger partial charge in [0.25, 0.3) is 0 Å². The lowest BCUT2D eigenvalue weighted by Crippen LogP contribution is -1.97. The molecule has 1 atom stereocenters. The predicted molar refractivity (Wildman–Crippen MR) is 64.3 cm³/mol. The number of aliphatic hydroxyl groups excluding tert-OH is 1. The zero-order valence-electron chi connectivity index (χ0n) is 8.57. The number of aliphatic hydroxyl groups is 1. The van der Waals surface area contributed by atoms with Crippen LogP contribution < -0.4 is 0 Å². The van der Waals surface area contributed by atoms with E-state index in [2.05, 4.69) is 22.6 Å². The summed E-state index contributed by atoms with van der Waals surface area (Å²) in [5.74, 6) is 1.58. The van der Waals surface area contributed by atoms with Crippen molar-refractivity contribution >= 4 is 23.7 Å². The third-order valence-electron chi connectivity index (χ3n) is 2.41. The Balaban J connectivity index is 2.37. The minimum Gasteiger partial charge on any atom is -0.388 e. The van der Waals surface area contributed by atoms with E-state index in [1.165, 1.54) is 0 Å². The number of H-pyrrole nitrogens is 1. The Morgan fingerprint density at radius 3 is 3.07 bits per heavy atom. The molecule has 0 radical (unpaired) electrons. The van der Waals surface area contributed by atoms with Gasteiger partial charge in [-0.05, 0) is 36.8 Å². The van der Waals surface area contributed by atoms with Gasteiger partial charge in [0.1, 0.15) is 5.82 Å². The molecule has 0 saturated heterocycles. The molecular weight excluding hydrogens is 208 g/mol. The van der Waals surface area contributed by atoms with Crippen LogP contribution in [0.25, 0.3) is 11.0 Å². The Hall–Kier alpha value is -1.00. The average molecular weight is 222 g/mol. The lowest BCUT2D eigenvalue weighted by atomic mass is 10.1. The van der Waals surface area contributed by atoms with Crippen LogP contribution in [0.4, 0.5) is 0 Å². The van der Waals surface area contributed by atoms with Crippen molar-refractivity contribution in [2.45, 2.75) is 19.4 Å². The third kappa shape index (κ3) is 2.16.